The Morgan fingerprint density at radius 3 is 2.45 bits per heavy atom. The van der Waals surface area contributed by atoms with Crippen LogP contribution in [-0.4, -0.2) is 44.3 Å². The highest BCUT2D eigenvalue weighted by Gasteiger charge is 2.19. The van der Waals surface area contributed by atoms with Crippen molar-refractivity contribution in [3.8, 4) is 5.69 Å². The monoisotopic (exact) mass is 301 g/mol. The summed E-state index contributed by atoms with van der Waals surface area (Å²) < 4.78 is 1.73. The van der Waals surface area contributed by atoms with Crippen LogP contribution in [0.25, 0.3) is 5.69 Å². The van der Waals surface area contributed by atoms with E-state index >= 15 is 0 Å². The average molecular weight is 301 g/mol. The van der Waals surface area contributed by atoms with E-state index < -0.39 is 5.97 Å². The van der Waals surface area contributed by atoms with E-state index in [-0.39, 0.29) is 24.9 Å². The largest absolute Gasteiger partial charge is 0.480 e. The first-order chi connectivity index (χ1) is 10.5. The normalized spacial score (nSPS) is 10.7. The van der Waals surface area contributed by atoms with Crippen molar-refractivity contribution in [2.45, 2.75) is 26.3 Å². The van der Waals surface area contributed by atoms with Gasteiger partial charge in [-0.2, -0.15) is 5.10 Å². The molecule has 1 N–H and O–H groups in total. The molecule has 2 rings (SSSR count). The fourth-order valence-corrected chi connectivity index (χ4v) is 2.17. The molecule has 0 fully saturated rings. The second-order valence-electron chi connectivity index (χ2n) is 5.30. The summed E-state index contributed by atoms with van der Waals surface area (Å²) in [6, 6.07) is 9.16. The van der Waals surface area contributed by atoms with Crippen molar-refractivity contribution in [2.75, 3.05) is 6.54 Å². The van der Waals surface area contributed by atoms with E-state index in [1.807, 2.05) is 50.4 Å². The molecule has 0 radical (unpaired) electrons. The Morgan fingerprint density at radius 1 is 1.27 bits per heavy atom. The Morgan fingerprint density at radius 2 is 1.95 bits per heavy atom. The van der Waals surface area contributed by atoms with Gasteiger partial charge in [0.1, 0.15) is 6.54 Å². The number of nitrogens with zero attached hydrogens (tertiary/aromatic N) is 3. The van der Waals surface area contributed by atoms with Gasteiger partial charge in [0, 0.05) is 18.4 Å². The number of rotatable bonds is 6. The predicted octanol–water partition coefficient (Wildman–Crippen LogP) is 1.74. The van der Waals surface area contributed by atoms with Crippen LogP contribution in [0.2, 0.25) is 0 Å². The molecular weight excluding hydrogens is 282 g/mol. The number of carbonyl (C=O) groups is 2. The second kappa shape index (κ2) is 6.89. The highest BCUT2D eigenvalue weighted by Crippen LogP contribution is 2.11. The molecule has 22 heavy (non-hydrogen) atoms. The minimum Gasteiger partial charge on any atom is -0.480 e. The number of carboxylic acid groups (broad SMARTS) is 1. The molecule has 2 aromatic rings. The number of hydrogen-bond acceptors (Lipinski definition) is 3. The number of hydrogen-bond donors (Lipinski definition) is 1. The van der Waals surface area contributed by atoms with Crippen LogP contribution in [0, 0.1) is 0 Å². The van der Waals surface area contributed by atoms with E-state index in [0.717, 1.165) is 11.3 Å². The molecule has 0 spiro atoms. The number of aliphatic carboxylic acids is 1. The Bertz CT molecular complexity index is 633. The summed E-state index contributed by atoms with van der Waals surface area (Å²) in [5.74, 6) is -1.19. The van der Waals surface area contributed by atoms with E-state index in [0.29, 0.717) is 0 Å². The zero-order valence-electron chi connectivity index (χ0n) is 12.6. The molecule has 1 aromatic carbocycles. The lowest BCUT2D eigenvalue weighted by molar-refractivity contribution is -0.145. The number of carbonyl (C=O) groups excluding carboxylic acids is 1. The van der Waals surface area contributed by atoms with Crippen LogP contribution in [0.4, 0.5) is 0 Å². The van der Waals surface area contributed by atoms with Gasteiger partial charge in [-0.05, 0) is 37.6 Å². The molecule has 0 unspecified atom stereocenters. The molecule has 0 aliphatic heterocycles. The third-order valence-corrected chi connectivity index (χ3v) is 3.31. The number of carboxylic acids is 1. The summed E-state index contributed by atoms with van der Waals surface area (Å²) >= 11 is 0. The molecule has 0 bridgehead atoms. The molecule has 1 heterocycles. The highest BCUT2D eigenvalue weighted by atomic mass is 16.4. The molecular formula is C16H19N3O3. The maximum Gasteiger partial charge on any atom is 0.323 e. The third kappa shape index (κ3) is 3.94. The van der Waals surface area contributed by atoms with Gasteiger partial charge in [-0.25, -0.2) is 4.68 Å². The van der Waals surface area contributed by atoms with Crippen LogP contribution >= 0.6 is 0 Å². The fourth-order valence-electron chi connectivity index (χ4n) is 2.17. The lowest BCUT2D eigenvalue weighted by atomic mass is 10.1. The Labute approximate surface area is 129 Å². The topological polar surface area (TPSA) is 75.4 Å². The second-order valence-corrected chi connectivity index (χ2v) is 5.30. The lowest BCUT2D eigenvalue weighted by Gasteiger charge is -2.25. The van der Waals surface area contributed by atoms with Crippen molar-refractivity contribution >= 4 is 11.9 Å². The molecule has 0 atom stereocenters. The zero-order chi connectivity index (χ0) is 16.1. The Kier molecular flexibility index (Phi) is 4.93. The lowest BCUT2D eigenvalue weighted by Crippen LogP contribution is -2.41. The SMILES string of the molecule is CC(C)N(CC(=O)O)C(=O)Cc1ccc(-n2cccn2)cc1. The van der Waals surface area contributed by atoms with Crippen LogP contribution in [0.1, 0.15) is 19.4 Å². The van der Waals surface area contributed by atoms with Crippen LogP contribution in [-0.2, 0) is 16.0 Å². The zero-order valence-corrected chi connectivity index (χ0v) is 12.6. The van der Waals surface area contributed by atoms with Gasteiger partial charge in [-0.15, -0.1) is 0 Å². The Balaban J connectivity index is 2.06. The molecule has 1 aromatic heterocycles. The number of amides is 1. The highest BCUT2D eigenvalue weighted by molar-refractivity contribution is 5.83. The first-order valence-electron chi connectivity index (χ1n) is 7.07. The first-order valence-corrected chi connectivity index (χ1v) is 7.07. The van der Waals surface area contributed by atoms with Crippen molar-refractivity contribution in [3.63, 3.8) is 0 Å². The quantitative estimate of drug-likeness (QED) is 0.881. The number of aromatic nitrogens is 2. The van der Waals surface area contributed by atoms with Gasteiger partial charge in [0.25, 0.3) is 0 Å². The van der Waals surface area contributed by atoms with Crippen molar-refractivity contribution in [1.82, 2.24) is 14.7 Å². The molecule has 0 aliphatic carbocycles. The molecule has 1 amide bonds. The third-order valence-electron chi connectivity index (χ3n) is 3.31. The van der Waals surface area contributed by atoms with Crippen molar-refractivity contribution in [3.05, 3.63) is 48.3 Å². The summed E-state index contributed by atoms with van der Waals surface area (Å²) in [6.45, 7) is 3.34. The fraction of sp³-hybridized carbons (Fsp3) is 0.312. The summed E-state index contributed by atoms with van der Waals surface area (Å²) in [4.78, 5) is 24.5. The standard InChI is InChI=1S/C16H19N3O3/c1-12(2)18(11-16(21)22)15(20)10-13-4-6-14(7-5-13)19-9-3-8-17-19/h3-9,12H,10-11H2,1-2H3,(H,21,22). The van der Waals surface area contributed by atoms with E-state index in [1.165, 1.54) is 4.90 Å². The summed E-state index contributed by atoms with van der Waals surface area (Å²) in [6.07, 6.45) is 3.72. The molecule has 116 valence electrons. The van der Waals surface area contributed by atoms with Gasteiger partial charge in [0.15, 0.2) is 0 Å². The molecule has 6 nitrogen and oxygen atoms in total. The molecule has 6 heteroatoms. The number of benzene rings is 1. The van der Waals surface area contributed by atoms with E-state index in [1.54, 1.807) is 10.9 Å². The van der Waals surface area contributed by atoms with E-state index in [4.69, 9.17) is 5.11 Å². The van der Waals surface area contributed by atoms with Gasteiger partial charge in [-0.1, -0.05) is 12.1 Å². The maximum absolute atomic E-state index is 12.2. The van der Waals surface area contributed by atoms with Crippen LogP contribution in [0.15, 0.2) is 42.7 Å². The first kappa shape index (κ1) is 15.8. The van der Waals surface area contributed by atoms with Crippen molar-refractivity contribution < 1.29 is 14.7 Å². The summed E-state index contributed by atoms with van der Waals surface area (Å²) in [5, 5.41) is 13.0. The van der Waals surface area contributed by atoms with Crippen LogP contribution in [0.3, 0.4) is 0 Å². The summed E-state index contributed by atoms with van der Waals surface area (Å²) in [5.41, 5.74) is 1.75. The van der Waals surface area contributed by atoms with Gasteiger partial charge >= 0.3 is 5.97 Å². The van der Waals surface area contributed by atoms with Crippen molar-refractivity contribution in [1.29, 1.82) is 0 Å². The van der Waals surface area contributed by atoms with E-state index in [9.17, 15) is 9.59 Å². The van der Waals surface area contributed by atoms with E-state index in [2.05, 4.69) is 5.10 Å². The minimum atomic E-state index is -1.00. The van der Waals surface area contributed by atoms with Crippen LogP contribution < -0.4 is 0 Å². The molecule has 0 saturated heterocycles. The predicted molar refractivity (Wildman–Crippen MR) is 81.8 cm³/mol. The summed E-state index contributed by atoms with van der Waals surface area (Å²) in [7, 11) is 0. The average Bonchev–Trinajstić information content (AvgIpc) is 2.99. The minimum absolute atomic E-state index is 0.146. The van der Waals surface area contributed by atoms with Crippen LogP contribution in [0.5, 0.6) is 0 Å². The van der Waals surface area contributed by atoms with Gasteiger partial charge in [-0.3, -0.25) is 9.59 Å². The molecule has 0 aliphatic rings. The Hall–Kier alpha value is -2.63. The smallest absolute Gasteiger partial charge is 0.323 e. The maximum atomic E-state index is 12.2. The van der Waals surface area contributed by atoms with Gasteiger partial charge in [0.2, 0.25) is 5.91 Å². The van der Waals surface area contributed by atoms with Crippen molar-refractivity contribution in [2.24, 2.45) is 0 Å². The molecule has 0 saturated carbocycles. The van der Waals surface area contributed by atoms with Gasteiger partial charge < -0.3 is 10.0 Å². The van der Waals surface area contributed by atoms with Gasteiger partial charge in [0.05, 0.1) is 12.1 Å².